The van der Waals surface area contributed by atoms with Gasteiger partial charge >= 0.3 is 0 Å². The van der Waals surface area contributed by atoms with Crippen molar-refractivity contribution in [3.8, 4) is 5.75 Å². The molecular formula is C63H89N3O6. The summed E-state index contributed by atoms with van der Waals surface area (Å²) in [7, 11) is 1.92. The minimum absolute atomic E-state index is 0.00719. The van der Waals surface area contributed by atoms with Crippen molar-refractivity contribution in [2.75, 3.05) is 19.3 Å². The van der Waals surface area contributed by atoms with E-state index < -0.39 is 22.7 Å². The van der Waals surface area contributed by atoms with Crippen molar-refractivity contribution in [1.82, 2.24) is 10.6 Å². The smallest absolute Gasteiger partial charge is 0.163 e. The number of aromatic hydroxyl groups is 1. The first kappa shape index (κ1) is 49.8. The monoisotopic (exact) mass is 984 g/mol. The van der Waals surface area contributed by atoms with Crippen LogP contribution in [0.2, 0.25) is 0 Å². The summed E-state index contributed by atoms with van der Waals surface area (Å²) in [5.41, 5.74) is 10.3. The summed E-state index contributed by atoms with van der Waals surface area (Å²) < 4.78 is 6.91. The van der Waals surface area contributed by atoms with Crippen LogP contribution in [-0.2, 0) is 20.9 Å². The highest BCUT2D eigenvalue weighted by Gasteiger charge is 2.76. The number of fused-ring (bicyclic) bond motifs is 2. The number of ether oxygens (including phenoxy) is 1. The largest absolute Gasteiger partial charge is 0.508 e. The molecule has 0 amide bonds. The van der Waals surface area contributed by atoms with E-state index in [4.69, 9.17) is 10.5 Å². The molecule has 0 unspecified atom stereocenters. The van der Waals surface area contributed by atoms with E-state index in [1.165, 1.54) is 30.4 Å². The minimum Gasteiger partial charge on any atom is -0.508 e. The summed E-state index contributed by atoms with van der Waals surface area (Å²) in [6.45, 7) is 12.8. The lowest BCUT2D eigenvalue weighted by Gasteiger charge is -2.73. The van der Waals surface area contributed by atoms with Crippen molar-refractivity contribution in [2.24, 2.45) is 69.0 Å². The average Bonchev–Trinajstić information content (AvgIpc) is 3.67. The topological polar surface area (TPSA) is 157 Å². The molecule has 2 saturated heterocycles. The van der Waals surface area contributed by atoms with E-state index in [9.17, 15) is 15.3 Å². The van der Waals surface area contributed by atoms with E-state index in [0.717, 1.165) is 125 Å². The van der Waals surface area contributed by atoms with Crippen LogP contribution in [0.3, 0.4) is 0 Å². The van der Waals surface area contributed by atoms with Crippen LogP contribution in [0.1, 0.15) is 192 Å². The molecule has 9 nitrogen and oxygen atoms in total. The van der Waals surface area contributed by atoms with E-state index in [1.54, 1.807) is 0 Å². The van der Waals surface area contributed by atoms with E-state index >= 15 is 9.59 Å². The zero-order valence-electron chi connectivity index (χ0n) is 44.7. The number of ketones is 2. The molecule has 19 atom stereocenters. The molecule has 2 aromatic rings. The molecule has 0 radical (unpaired) electrons. The molecule has 7 N–H and O–H groups in total. The SMILES string of the molecule is CNCc1cc(O)cc([C@H]2C[C@@]3(C)[C@H]4CCC5=C([C@@H]6[C@H]7CCCC[C@H]7CC[C@H]6[C@@H](O)[C@H]6O[C@]6(C)[C@@H]6CCC[C@H]6c6cccc(N)c6)C(=O)[C@@H]6CCC[C@@]4(C[C@@H]4NC[C@](C)(O)CCCC[C@@](C)(C2=O)[C@H]43)[C@]56C)c1. The number of carbonyl (C=O) groups excluding carboxylic acids is 2. The second kappa shape index (κ2) is 17.7. The molecule has 0 bridgehead atoms. The Balaban J connectivity index is 0.957. The summed E-state index contributed by atoms with van der Waals surface area (Å²) in [5, 5.41) is 43.6. The number of aliphatic hydroxyl groups is 2. The Hall–Kier alpha value is -3.08. The number of anilines is 1. The van der Waals surface area contributed by atoms with Gasteiger partial charge in [0.15, 0.2) is 5.78 Å². The lowest BCUT2D eigenvalue weighted by molar-refractivity contribution is -0.219. The molecule has 9 heteroatoms. The van der Waals surface area contributed by atoms with Gasteiger partial charge < -0.3 is 36.4 Å². The van der Waals surface area contributed by atoms with Gasteiger partial charge in [-0.2, -0.15) is 0 Å². The number of phenolic OH excluding ortho intramolecular Hbond substituents is 1. The van der Waals surface area contributed by atoms with Crippen LogP contribution in [-0.4, -0.2) is 69.9 Å². The first-order chi connectivity index (χ1) is 34.4. The highest BCUT2D eigenvalue weighted by Crippen LogP contribution is 2.79. The number of β-amino-alcohol motifs (C(OH)–C–C–N with tert-alkyl or cyclic N) is 1. The number of nitrogen functional groups attached to an aromatic ring is 1. The quantitative estimate of drug-likeness (QED) is 0.112. The number of Topliss-reactive ketones (excluding diaryl/α,β-unsaturated/α-hetero) is 2. The van der Waals surface area contributed by atoms with Crippen molar-refractivity contribution in [1.29, 1.82) is 0 Å². The number of phenols is 1. The Morgan fingerprint density at radius 3 is 2.46 bits per heavy atom. The number of allylic oxidation sites excluding steroid dienone is 2. The van der Waals surface area contributed by atoms with Crippen LogP contribution in [0, 0.1) is 69.0 Å². The van der Waals surface area contributed by atoms with Gasteiger partial charge in [0.05, 0.1) is 17.3 Å². The normalized spacial score (nSPS) is 47.2. The predicted molar refractivity (Wildman–Crippen MR) is 283 cm³/mol. The molecule has 9 fully saturated rings. The Bertz CT molecular complexity index is 2500. The zero-order chi connectivity index (χ0) is 50.3. The zero-order valence-corrected chi connectivity index (χ0v) is 44.7. The fourth-order valence-electron chi connectivity index (χ4n) is 21.2. The Labute approximate surface area is 431 Å². The summed E-state index contributed by atoms with van der Waals surface area (Å²) in [6, 6.07) is 14.3. The van der Waals surface area contributed by atoms with Crippen molar-refractivity contribution in [3.05, 3.63) is 70.3 Å². The molecule has 2 aromatic carbocycles. The molecule has 12 rings (SSSR count). The van der Waals surface area contributed by atoms with Gasteiger partial charge in [0.1, 0.15) is 17.6 Å². The maximum Gasteiger partial charge on any atom is 0.163 e. The Kier molecular flexibility index (Phi) is 12.3. The molecule has 392 valence electrons. The number of nitrogens with two attached hydrogens (primary N) is 1. The molecule has 72 heavy (non-hydrogen) atoms. The van der Waals surface area contributed by atoms with E-state index in [0.29, 0.717) is 60.7 Å². The minimum atomic E-state index is -0.860. The summed E-state index contributed by atoms with van der Waals surface area (Å²) in [4.78, 5) is 31.9. The highest BCUT2D eigenvalue weighted by molar-refractivity contribution is 6.03. The summed E-state index contributed by atoms with van der Waals surface area (Å²) in [5.74, 6) is 2.50. The van der Waals surface area contributed by atoms with Crippen LogP contribution in [0.15, 0.2) is 53.6 Å². The van der Waals surface area contributed by atoms with Gasteiger partial charge in [-0.1, -0.05) is 89.5 Å². The lowest BCUT2D eigenvalue weighted by atomic mass is 9.31. The van der Waals surface area contributed by atoms with Crippen molar-refractivity contribution in [3.63, 3.8) is 0 Å². The fourth-order valence-corrected chi connectivity index (χ4v) is 21.2. The number of nitrogens with one attached hydrogen (secondary N) is 2. The summed E-state index contributed by atoms with van der Waals surface area (Å²) in [6.07, 6.45) is 19.1. The lowest BCUT2D eigenvalue weighted by Crippen LogP contribution is -2.72. The maximum atomic E-state index is 16.2. The third kappa shape index (κ3) is 7.35. The Morgan fingerprint density at radius 1 is 0.847 bits per heavy atom. The second-order valence-corrected chi connectivity index (χ2v) is 27.5. The molecular weight excluding hydrogens is 895 g/mol. The van der Waals surface area contributed by atoms with Crippen LogP contribution >= 0.6 is 0 Å². The van der Waals surface area contributed by atoms with Gasteiger partial charge in [-0.3, -0.25) is 9.59 Å². The summed E-state index contributed by atoms with van der Waals surface area (Å²) >= 11 is 0. The number of rotatable bonds is 8. The van der Waals surface area contributed by atoms with E-state index in [-0.39, 0.29) is 63.7 Å². The van der Waals surface area contributed by atoms with Gasteiger partial charge in [0, 0.05) is 47.5 Å². The van der Waals surface area contributed by atoms with Crippen molar-refractivity contribution in [2.45, 2.75) is 211 Å². The third-order valence-corrected chi connectivity index (χ3v) is 23.9. The van der Waals surface area contributed by atoms with Gasteiger partial charge in [-0.15, -0.1) is 0 Å². The fraction of sp³-hybridized carbons (Fsp3) is 0.746. The second-order valence-electron chi connectivity index (χ2n) is 27.5. The number of hydrogen-bond donors (Lipinski definition) is 6. The van der Waals surface area contributed by atoms with Crippen molar-refractivity contribution < 1.29 is 29.6 Å². The number of hydrogen-bond acceptors (Lipinski definition) is 9. The van der Waals surface area contributed by atoms with E-state index in [1.807, 2.05) is 32.2 Å². The third-order valence-electron chi connectivity index (χ3n) is 23.9. The molecule has 8 aliphatic carbocycles. The number of carbonyl (C=O) groups is 2. The van der Waals surface area contributed by atoms with Crippen LogP contribution < -0.4 is 16.4 Å². The van der Waals surface area contributed by atoms with Gasteiger partial charge in [-0.25, -0.2) is 0 Å². The standard InChI is InChI=1S/C63H89N3O6/c1-58(71)25-9-10-26-59(2)55-49(66-35-58)33-63-27-13-20-48-54(69)52(47(61(48,63)4)23-24-50(63)60(55,3)32-45(56(59)70)39-28-36(34-65-6)29-41(67)31-39)51-43-17-8-7-14-37(43)21-22-44(51)53(68)57-62(5,72-57)46-19-12-18-42(46)38-15-11-16-40(64)30-38/h11,15-16,28-31,37,42-46,48-51,53,55,57,65-68,71H,7-10,12-14,17-27,32-35,64H2,1-6H3/t37-,42-,43-,44+,45+,46+,48-,49-,50+,51+,53+,55-,57+,58+,59+,60-,61+,62+,63-/m0/s1. The van der Waals surface area contributed by atoms with Crippen LogP contribution in [0.4, 0.5) is 5.69 Å². The van der Waals surface area contributed by atoms with Crippen molar-refractivity contribution >= 4 is 17.3 Å². The number of epoxide rings is 1. The van der Waals surface area contributed by atoms with Gasteiger partial charge in [0.2, 0.25) is 0 Å². The maximum absolute atomic E-state index is 16.2. The highest BCUT2D eigenvalue weighted by atomic mass is 16.6. The van der Waals surface area contributed by atoms with Crippen LogP contribution in [0.5, 0.6) is 5.75 Å². The average molecular weight is 984 g/mol. The molecule has 1 spiro atoms. The predicted octanol–water partition coefficient (Wildman–Crippen LogP) is 11.1. The molecule has 2 heterocycles. The first-order valence-corrected chi connectivity index (χ1v) is 29.3. The molecule has 10 aliphatic rings. The molecule has 2 aliphatic heterocycles. The number of aliphatic hydroxyl groups excluding tert-OH is 1. The molecule has 7 saturated carbocycles. The van der Waals surface area contributed by atoms with E-state index in [2.05, 4.69) is 62.6 Å². The van der Waals surface area contributed by atoms with Gasteiger partial charge in [-0.05, 0) is 209 Å². The first-order valence-electron chi connectivity index (χ1n) is 29.3. The molecule has 0 aromatic heterocycles. The van der Waals surface area contributed by atoms with Crippen LogP contribution in [0.25, 0.3) is 0 Å². The Morgan fingerprint density at radius 2 is 1.65 bits per heavy atom. The number of benzene rings is 2. The van der Waals surface area contributed by atoms with Gasteiger partial charge in [0.25, 0.3) is 0 Å².